The molecule has 1 amide bonds. The van der Waals surface area contributed by atoms with Crippen molar-refractivity contribution in [2.45, 2.75) is 25.7 Å². The first-order valence-corrected chi connectivity index (χ1v) is 8.01. The molecule has 2 N–H and O–H groups in total. The highest BCUT2D eigenvalue weighted by Crippen LogP contribution is 2.56. The van der Waals surface area contributed by atoms with E-state index in [4.69, 9.17) is 0 Å². The lowest BCUT2D eigenvalue weighted by atomic mass is 10.0. The molecule has 0 radical (unpaired) electrons. The number of aromatic amines is 1. The van der Waals surface area contributed by atoms with E-state index in [2.05, 4.69) is 15.2 Å². The number of rotatable bonds is 3. The van der Waals surface area contributed by atoms with Gasteiger partial charge in [-0.3, -0.25) is 14.9 Å². The van der Waals surface area contributed by atoms with Gasteiger partial charge < -0.3 is 10.1 Å². The quantitative estimate of drug-likeness (QED) is 0.505. The molecule has 0 aliphatic heterocycles. The number of aromatic hydroxyl groups is 1. The van der Waals surface area contributed by atoms with Crippen molar-refractivity contribution in [1.29, 1.82) is 0 Å². The number of carbonyl (C=O) groups is 1. The van der Waals surface area contributed by atoms with E-state index in [0.29, 0.717) is 22.7 Å². The maximum absolute atomic E-state index is 12.2. The van der Waals surface area contributed by atoms with Crippen LogP contribution in [-0.2, 0) is 4.79 Å². The van der Waals surface area contributed by atoms with Crippen molar-refractivity contribution in [3.8, 4) is 5.88 Å². The van der Waals surface area contributed by atoms with Crippen molar-refractivity contribution in [2.75, 3.05) is 0 Å². The Labute approximate surface area is 136 Å². The average Bonchev–Trinajstić information content (AvgIpc) is 3.21. The number of H-pyrrole nitrogens is 1. The molecule has 2 aliphatic rings. The van der Waals surface area contributed by atoms with Crippen LogP contribution in [0.25, 0.3) is 10.9 Å². The number of fused-ring (bicyclic) bond motifs is 2. The molecule has 124 valence electrons. The lowest BCUT2D eigenvalue weighted by Gasteiger charge is -2.04. The number of carbonyl (C=O) groups excluding carboxylic acids is 1. The van der Waals surface area contributed by atoms with Gasteiger partial charge in [0, 0.05) is 23.4 Å². The van der Waals surface area contributed by atoms with Gasteiger partial charge in [0.1, 0.15) is 0 Å². The number of non-ortho nitro benzene ring substituents is 1. The number of nitrogens with one attached hydrogen (secondary N) is 1. The van der Waals surface area contributed by atoms with Crippen molar-refractivity contribution in [3.63, 3.8) is 0 Å². The van der Waals surface area contributed by atoms with E-state index in [1.54, 1.807) is 0 Å². The molecule has 8 nitrogen and oxygen atoms in total. The molecule has 0 bridgehead atoms. The van der Waals surface area contributed by atoms with Crippen LogP contribution in [0.5, 0.6) is 5.88 Å². The van der Waals surface area contributed by atoms with Gasteiger partial charge in [-0.1, -0.05) is 12.8 Å². The molecule has 8 heteroatoms. The predicted molar refractivity (Wildman–Crippen MR) is 85.1 cm³/mol. The summed E-state index contributed by atoms with van der Waals surface area (Å²) in [5, 5.41) is 28.9. The maximum Gasteiger partial charge on any atom is 0.270 e. The number of hydrogen-bond acceptors (Lipinski definition) is 5. The Balaban J connectivity index is 1.61. The zero-order chi connectivity index (χ0) is 16.8. The summed E-state index contributed by atoms with van der Waals surface area (Å²) in [5.74, 6) is 0.310. The molecule has 24 heavy (non-hydrogen) atoms. The third-order valence-corrected chi connectivity index (χ3v) is 5.14. The number of hydrogen-bond donors (Lipinski definition) is 2. The van der Waals surface area contributed by atoms with Gasteiger partial charge in [0.25, 0.3) is 11.6 Å². The van der Waals surface area contributed by atoms with Crippen molar-refractivity contribution >= 4 is 28.2 Å². The highest BCUT2D eigenvalue weighted by atomic mass is 16.6. The molecule has 1 aromatic heterocycles. The second-order valence-corrected chi connectivity index (χ2v) is 6.49. The number of benzene rings is 1. The van der Waals surface area contributed by atoms with Crippen LogP contribution in [-0.4, -0.2) is 20.9 Å². The van der Waals surface area contributed by atoms with Gasteiger partial charge in [-0.2, -0.15) is 0 Å². The molecule has 0 saturated heterocycles. The molecule has 0 unspecified atom stereocenters. The average molecular weight is 328 g/mol. The number of nitro benzene ring substituents is 1. The highest BCUT2D eigenvalue weighted by Gasteiger charge is 2.54. The number of nitro groups is 1. The standard InChI is InChI=1S/C16H16N4O4/c21-15(13-9-3-1-2-4-10(9)13)19-18-14-11-7-8(20(23)24)5-6-12(11)17-16(14)22/h5-7,9-10,13,17,22H,1-4H2/t9-,10-/m0/s1. The Morgan fingerprint density at radius 2 is 2.00 bits per heavy atom. The minimum absolute atomic E-state index is 0.0436. The van der Waals surface area contributed by atoms with Crippen molar-refractivity contribution in [1.82, 2.24) is 4.98 Å². The molecule has 0 spiro atoms. The van der Waals surface area contributed by atoms with Gasteiger partial charge in [-0.25, -0.2) is 0 Å². The predicted octanol–water partition coefficient (Wildman–Crippen LogP) is 3.83. The molecule has 1 aromatic carbocycles. The molecule has 2 atom stereocenters. The summed E-state index contributed by atoms with van der Waals surface area (Å²) in [5.41, 5.74) is 0.447. The molecule has 2 aromatic rings. The van der Waals surface area contributed by atoms with Crippen LogP contribution in [0.2, 0.25) is 0 Å². The summed E-state index contributed by atoms with van der Waals surface area (Å²) in [6.07, 6.45) is 4.46. The lowest BCUT2D eigenvalue weighted by Crippen LogP contribution is -1.97. The second kappa shape index (κ2) is 5.40. The largest absolute Gasteiger partial charge is 0.493 e. The molecule has 2 aliphatic carbocycles. The molecule has 4 rings (SSSR count). The fourth-order valence-corrected chi connectivity index (χ4v) is 3.89. The fraction of sp³-hybridized carbons (Fsp3) is 0.438. The smallest absolute Gasteiger partial charge is 0.270 e. The van der Waals surface area contributed by atoms with E-state index in [0.717, 1.165) is 25.7 Å². The topological polar surface area (TPSA) is 121 Å². The minimum atomic E-state index is -0.523. The summed E-state index contributed by atoms with van der Waals surface area (Å²) in [6.45, 7) is 0. The van der Waals surface area contributed by atoms with Gasteiger partial charge in [0.15, 0.2) is 5.69 Å². The van der Waals surface area contributed by atoms with Gasteiger partial charge >= 0.3 is 0 Å². The summed E-state index contributed by atoms with van der Waals surface area (Å²) in [6, 6.07) is 4.13. The van der Waals surface area contributed by atoms with Crippen molar-refractivity contribution in [3.05, 3.63) is 28.3 Å². The summed E-state index contributed by atoms with van der Waals surface area (Å²) in [7, 11) is 0. The van der Waals surface area contributed by atoms with Crippen LogP contribution in [0.1, 0.15) is 25.7 Å². The first-order valence-electron chi connectivity index (χ1n) is 8.01. The SMILES string of the molecule is O=C(N=Nc1c(O)[nH]c2ccc([N+](=O)[O-])cc12)C1[C@H]2CCCC[C@H]12. The number of amides is 1. The van der Waals surface area contributed by atoms with Crippen LogP contribution in [0.3, 0.4) is 0 Å². The maximum atomic E-state index is 12.2. The third kappa shape index (κ3) is 2.34. The zero-order valence-corrected chi connectivity index (χ0v) is 12.8. The van der Waals surface area contributed by atoms with E-state index >= 15 is 0 Å². The molecule has 2 saturated carbocycles. The van der Waals surface area contributed by atoms with Crippen LogP contribution in [0.4, 0.5) is 11.4 Å². The second-order valence-electron chi connectivity index (χ2n) is 6.49. The number of azo groups is 1. The Kier molecular flexibility index (Phi) is 3.33. The molecular weight excluding hydrogens is 312 g/mol. The highest BCUT2D eigenvalue weighted by molar-refractivity contribution is 5.96. The van der Waals surface area contributed by atoms with Gasteiger partial charge in [0.2, 0.25) is 5.88 Å². The van der Waals surface area contributed by atoms with Crippen LogP contribution in [0.15, 0.2) is 28.4 Å². The third-order valence-electron chi connectivity index (χ3n) is 5.14. The summed E-state index contributed by atoms with van der Waals surface area (Å²) < 4.78 is 0. The molecule has 1 heterocycles. The first kappa shape index (κ1) is 14.8. The minimum Gasteiger partial charge on any atom is -0.493 e. The van der Waals surface area contributed by atoms with Crippen LogP contribution in [0, 0.1) is 27.9 Å². The Morgan fingerprint density at radius 3 is 2.67 bits per heavy atom. The van der Waals surface area contributed by atoms with E-state index in [1.807, 2.05) is 0 Å². The molecule has 2 fully saturated rings. The van der Waals surface area contributed by atoms with Gasteiger partial charge in [0.05, 0.1) is 10.4 Å². The van der Waals surface area contributed by atoms with Crippen LogP contribution >= 0.6 is 0 Å². The summed E-state index contributed by atoms with van der Waals surface area (Å²) in [4.78, 5) is 25.3. The van der Waals surface area contributed by atoms with E-state index in [1.165, 1.54) is 18.2 Å². The van der Waals surface area contributed by atoms with Crippen molar-refractivity contribution < 1.29 is 14.8 Å². The Hall–Kier alpha value is -2.77. The fourth-order valence-electron chi connectivity index (χ4n) is 3.89. The van der Waals surface area contributed by atoms with Gasteiger partial charge in [-0.15, -0.1) is 10.2 Å². The monoisotopic (exact) mass is 328 g/mol. The normalized spacial score (nSPS) is 25.8. The van der Waals surface area contributed by atoms with Crippen molar-refractivity contribution in [2.24, 2.45) is 28.0 Å². The lowest BCUT2D eigenvalue weighted by molar-refractivity contribution is -0.384. The Bertz CT molecular complexity index is 860. The van der Waals surface area contributed by atoms with E-state index in [9.17, 15) is 20.0 Å². The van der Waals surface area contributed by atoms with Crippen LogP contribution < -0.4 is 0 Å². The van der Waals surface area contributed by atoms with E-state index < -0.39 is 4.92 Å². The Morgan fingerprint density at radius 1 is 1.29 bits per heavy atom. The first-order chi connectivity index (χ1) is 11.6. The number of aromatic nitrogens is 1. The number of nitrogens with zero attached hydrogens (tertiary/aromatic N) is 3. The van der Waals surface area contributed by atoms with Gasteiger partial charge in [-0.05, 0) is 30.7 Å². The van der Waals surface area contributed by atoms with E-state index in [-0.39, 0.29) is 29.1 Å². The zero-order valence-electron chi connectivity index (χ0n) is 12.8. The summed E-state index contributed by atoms with van der Waals surface area (Å²) >= 11 is 0. The molecular formula is C16H16N4O4.